The quantitative estimate of drug-likeness (QED) is 0.422. The van der Waals surface area contributed by atoms with Gasteiger partial charge in [-0.25, -0.2) is 9.59 Å². The van der Waals surface area contributed by atoms with Gasteiger partial charge in [-0.2, -0.15) is 0 Å². The lowest BCUT2D eigenvalue weighted by Gasteiger charge is -2.19. The molecule has 6 heteroatoms. The lowest BCUT2D eigenvalue weighted by molar-refractivity contribution is -0.143. The zero-order valence-electron chi connectivity index (χ0n) is 9.88. The van der Waals surface area contributed by atoms with Gasteiger partial charge in [0, 0.05) is 12.4 Å². The Morgan fingerprint density at radius 2 is 2.00 bits per heavy atom. The predicted octanol–water partition coefficient (Wildman–Crippen LogP) is 1.11. The van der Waals surface area contributed by atoms with E-state index in [-0.39, 0.29) is 11.9 Å². The van der Waals surface area contributed by atoms with Crippen LogP contribution in [0.5, 0.6) is 0 Å². The number of methoxy groups -OCH3 is 1. The second-order valence-corrected chi connectivity index (χ2v) is 4.07. The number of hydrogen-bond donors (Lipinski definition) is 2. The summed E-state index contributed by atoms with van der Waals surface area (Å²) in [4.78, 5) is 22.7. The number of halogens is 1. The van der Waals surface area contributed by atoms with Crippen molar-refractivity contribution in [1.82, 2.24) is 10.6 Å². The van der Waals surface area contributed by atoms with E-state index in [1.165, 1.54) is 7.11 Å². The Hall–Kier alpha value is -0.970. The number of nitrogens with one attached hydrogen (secondary N) is 2. The van der Waals surface area contributed by atoms with E-state index in [9.17, 15) is 9.59 Å². The lowest BCUT2D eigenvalue weighted by atomic mass is 10.1. The number of amides is 2. The van der Waals surface area contributed by atoms with Crippen LogP contribution in [0, 0.1) is 5.92 Å². The molecule has 0 saturated heterocycles. The zero-order valence-corrected chi connectivity index (χ0v) is 10.6. The van der Waals surface area contributed by atoms with Gasteiger partial charge in [-0.15, -0.1) is 11.6 Å². The molecule has 0 bridgehead atoms. The standard InChI is InChI=1S/C10H19ClN2O3/c1-7(2)8(9(14)16-3)13-10(15)12-6-4-5-11/h7-8H,4-6H2,1-3H3,(H2,12,13,15). The molecule has 0 aliphatic rings. The maximum Gasteiger partial charge on any atom is 0.328 e. The molecule has 0 aromatic heterocycles. The van der Waals surface area contributed by atoms with Crippen LogP contribution in [0.1, 0.15) is 20.3 Å². The molecule has 0 aliphatic carbocycles. The summed E-state index contributed by atoms with van der Waals surface area (Å²) in [7, 11) is 1.30. The van der Waals surface area contributed by atoms with E-state index < -0.39 is 12.0 Å². The van der Waals surface area contributed by atoms with Crippen LogP contribution in [0.4, 0.5) is 4.79 Å². The van der Waals surface area contributed by atoms with Gasteiger partial charge in [-0.3, -0.25) is 0 Å². The number of carbonyl (C=O) groups is 2. The molecule has 0 rings (SSSR count). The van der Waals surface area contributed by atoms with Crippen LogP contribution in [-0.4, -0.2) is 37.6 Å². The molecule has 1 atom stereocenters. The molecule has 2 amide bonds. The number of esters is 1. The van der Waals surface area contributed by atoms with Crippen LogP contribution >= 0.6 is 11.6 Å². The molecule has 0 spiro atoms. The number of hydrogen-bond acceptors (Lipinski definition) is 3. The van der Waals surface area contributed by atoms with Gasteiger partial charge in [0.1, 0.15) is 6.04 Å². The SMILES string of the molecule is COC(=O)C(NC(=O)NCCCCl)C(C)C. The summed E-state index contributed by atoms with van der Waals surface area (Å²) in [5.41, 5.74) is 0. The zero-order chi connectivity index (χ0) is 12.6. The van der Waals surface area contributed by atoms with Crippen molar-refractivity contribution < 1.29 is 14.3 Å². The largest absolute Gasteiger partial charge is 0.467 e. The van der Waals surface area contributed by atoms with E-state index in [0.29, 0.717) is 18.8 Å². The Morgan fingerprint density at radius 3 is 2.44 bits per heavy atom. The van der Waals surface area contributed by atoms with Crippen molar-refractivity contribution >= 4 is 23.6 Å². The Bertz CT molecular complexity index is 234. The van der Waals surface area contributed by atoms with Crippen LogP contribution < -0.4 is 10.6 Å². The predicted molar refractivity (Wildman–Crippen MR) is 62.5 cm³/mol. The molecule has 0 saturated carbocycles. The molecular formula is C10H19ClN2O3. The van der Waals surface area contributed by atoms with Crippen molar-refractivity contribution in [3.8, 4) is 0 Å². The first-order valence-electron chi connectivity index (χ1n) is 5.21. The third-order valence-electron chi connectivity index (χ3n) is 2.00. The van der Waals surface area contributed by atoms with Gasteiger partial charge in [-0.1, -0.05) is 13.8 Å². The first-order valence-corrected chi connectivity index (χ1v) is 5.74. The Morgan fingerprint density at radius 1 is 1.38 bits per heavy atom. The summed E-state index contributed by atoms with van der Waals surface area (Å²) in [6.45, 7) is 4.16. The molecule has 0 aliphatic heterocycles. The summed E-state index contributed by atoms with van der Waals surface area (Å²) >= 11 is 5.47. The molecule has 5 nitrogen and oxygen atoms in total. The fourth-order valence-electron chi connectivity index (χ4n) is 1.09. The maximum absolute atomic E-state index is 11.4. The minimum atomic E-state index is -0.624. The van der Waals surface area contributed by atoms with E-state index in [2.05, 4.69) is 15.4 Å². The van der Waals surface area contributed by atoms with Gasteiger partial charge in [0.05, 0.1) is 7.11 Å². The van der Waals surface area contributed by atoms with E-state index in [1.807, 2.05) is 13.8 Å². The summed E-state index contributed by atoms with van der Waals surface area (Å²) in [5.74, 6) is 0.0268. The van der Waals surface area contributed by atoms with Crippen LogP contribution in [0.15, 0.2) is 0 Å². The maximum atomic E-state index is 11.4. The second-order valence-electron chi connectivity index (χ2n) is 3.69. The molecule has 1 unspecified atom stereocenters. The molecule has 0 radical (unpaired) electrons. The third-order valence-corrected chi connectivity index (χ3v) is 2.27. The van der Waals surface area contributed by atoms with Gasteiger partial charge >= 0.3 is 12.0 Å². The highest BCUT2D eigenvalue weighted by Crippen LogP contribution is 2.03. The average molecular weight is 251 g/mol. The van der Waals surface area contributed by atoms with Gasteiger partial charge in [-0.05, 0) is 12.3 Å². The van der Waals surface area contributed by atoms with E-state index in [4.69, 9.17) is 11.6 Å². The van der Waals surface area contributed by atoms with E-state index in [0.717, 1.165) is 0 Å². The summed E-state index contributed by atoms with van der Waals surface area (Å²) < 4.78 is 4.60. The number of rotatable bonds is 6. The molecule has 0 aromatic rings. The third kappa shape index (κ3) is 5.80. The van der Waals surface area contributed by atoms with Crippen molar-refractivity contribution in [1.29, 1.82) is 0 Å². The van der Waals surface area contributed by atoms with Crippen molar-refractivity contribution in [2.75, 3.05) is 19.5 Å². The van der Waals surface area contributed by atoms with Gasteiger partial charge in [0.25, 0.3) is 0 Å². The highest BCUT2D eigenvalue weighted by Gasteiger charge is 2.24. The van der Waals surface area contributed by atoms with E-state index in [1.54, 1.807) is 0 Å². The van der Waals surface area contributed by atoms with Crippen molar-refractivity contribution in [2.24, 2.45) is 5.92 Å². The summed E-state index contributed by atoms with van der Waals surface area (Å²) in [6.07, 6.45) is 0.694. The van der Waals surface area contributed by atoms with Crippen molar-refractivity contribution in [3.63, 3.8) is 0 Å². The molecule has 2 N–H and O–H groups in total. The van der Waals surface area contributed by atoms with Gasteiger partial charge < -0.3 is 15.4 Å². The van der Waals surface area contributed by atoms with Gasteiger partial charge in [0.15, 0.2) is 0 Å². The van der Waals surface area contributed by atoms with Gasteiger partial charge in [0.2, 0.25) is 0 Å². The summed E-state index contributed by atoms with van der Waals surface area (Å²) in [5, 5.41) is 5.16. The Balaban J connectivity index is 4.09. The highest BCUT2D eigenvalue weighted by molar-refractivity contribution is 6.17. The Kier molecular flexibility index (Phi) is 7.72. The summed E-state index contributed by atoms with van der Waals surface area (Å²) in [6, 6.07) is -1.00. The molecular weight excluding hydrogens is 232 g/mol. The second kappa shape index (κ2) is 8.21. The normalized spacial score (nSPS) is 12.1. The van der Waals surface area contributed by atoms with Crippen LogP contribution in [0.3, 0.4) is 0 Å². The number of urea groups is 1. The van der Waals surface area contributed by atoms with Crippen molar-refractivity contribution in [3.05, 3.63) is 0 Å². The average Bonchev–Trinajstić information content (AvgIpc) is 2.25. The van der Waals surface area contributed by atoms with Crippen molar-refractivity contribution in [2.45, 2.75) is 26.3 Å². The molecule has 16 heavy (non-hydrogen) atoms. The lowest BCUT2D eigenvalue weighted by Crippen LogP contribution is -2.49. The fraction of sp³-hybridized carbons (Fsp3) is 0.800. The number of carbonyl (C=O) groups excluding carboxylic acids is 2. The first-order chi connectivity index (χ1) is 7.52. The minimum absolute atomic E-state index is 0.0220. The van der Waals surface area contributed by atoms with E-state index >= 15 is 0 Å². The van der Waals surface area contributed by atoms with Crippen LogP contribution in [-0.2, 0) is 9.53 Å². The Labute approximate surface area is 101 Å². The first kappa shape index (κ1) is 15.0. The molecule has 0 heterocycles. The minimum Gasteiger partial charge on any atom is -0.467 e. The molecule has 0 aromatic carbocycles. The smallest absolute Gasteiger partial charge is 0.328 e. The number of alkyl halides is 1. The van der Waals surface area contributed by atoms with Crippen LogP contribution in [0.2, 0.25) is 0 Å². The molecule has 94 valence electrons. The highest BCUT2D eigenvalue weighted by atomic mass is 35.5. The van der Waals surface area contributed by atoms with Crippen LogP contribution in [0.25, 0.3) is 0 Å². The topological polar surface area (TPSA) is 67.4 Å². The monoisotopic (exact) mass is 250 g/mol. The molecule has 0 fully saturated rings. The fourth-order valence-corrected chi connectivity index (χ4v) is 1.22. The number of ether oxygens (including phenoxy) is 1.